The van der Waals surface area contributed by atoms with E-state index in [2.05, 4.69) is 91.6 Å². The Hall–Kier alpha value is -3.50. The Kier molecular flexibility index (Phi) is 9.45. The fraction of sp³-hybridized carbons (Fsp3) is 0.333. The minimum atomic E-state index is 0.857. The van der Waals surface area contributed by atoms with Crippen LogP contribution in [0.4, 0.5) is 33.0 Å². The molecule has 0 N–H and O–H groups in total. The van der Waals surface area contributed by atoms with E-state index < -0.39 is 0 Å². The lowest BCUT2D eigenvalue weighted by Gasteiger charge is -2.23. The highest BCUT2D eigenvalue weighted by atomic mass is 32.1. The zero-order valence-corrected chi connectivity index (χ0v) is 23.5. The fourth-order valence-electron chi connectivity index (χ4n) is 3.79. The summed E-state index contributed by atoms with van der Waals surface area (Å²) in [5, 5.41) is 23.4. The maximum atomic E-state index is 4.39. The van der Waals surface area contributed by atoms with Gasteiger partial charge >= 0.3 is 10.3 Å². The highest BCUT2D eigenvalue weighted by Crippen LogP contribution is 2.24. The zero-order valence-electron chi connectivity index (χ0n) is 21.9. The van der Waals surface area contributed by atoms with Crippen LogP contribution < -0.4 is 18.9 Å². The summed E-state index contributed by atoms with van der Waals surface area (Å²) in [7, 11) is 4.25. The largest absolute Gasteiger partial charge is 0.408 e. The van der Waals surface area contributed by atoms with Gasteiger partial charge in [0.05, 0.1) is 23.3 Å². The predicted molar refractivity (Wildman–Crippen MR) is 153 cm³/mol. The van der Waals surface area contributed by atoms with E-state index in [1.165, 1.54) is 11.4 Å². The van der Waals surface area contributed by atoms with Gasteiger partial charge in [0.15, 0.2) is 0 Å². The fourth-order valence-corrected chi connectivity index (χ4v) is 5.27. The van der Waals surface area contributed by atoms with Crippen molar-refractivity contribution in [3.8, 4) is 0 Å². The summed E-state index contributed by atoms with van der Waals surface area (Å²) >= 11 is 3.19. The van der Waals surface area contributed by atoms with Gasteiger partial charge in [-0.2, -0.15) is 0 Å². The van der Waals surface area contributed by atoms with Crippen molar-refractivity contribution in [2.75, 3.05) is 37.0 Å². The number of hydrogen-bond acceptors (Lipinski definition) is 8. The third-order valence-electron chi connectivity index (χ3n) is 6.07. The van der Waals surface area contributed by atoms with Crippen LogP contribution in [0.25, 0.3) is 0 Å². The Bertz CT molecular complexity index is 1210. The van der Waals surface area contributed by atoms with Crippen LogP contribution in [0.2, 0.25) is 0 Å². The molecule has 10 heteroatoms. The average Bonchev–Trinajstić information content (AvgIpc) is 3.60. The van der Waals surface area contributed by atoms with Gasteiger partial charge in [0.1, 0.15) is 23.8 Å². The van der Waals surface area contributed by atoms with Crippen LogP contribution >= 0.6 is 22.7 Å². The van der Waals surface area contributed by atoms with E-state index in [1.807, 2.05) is 47.4 Å². The zero-order chi connectivity index (χ0) is 26.0. The quantitative estimate of drug-likeness (QED) is 0.142. The minimum absolute atomic E-state index is 0.857. The molecule has 0 aliphatic rings. The molecule has 0 radical (unpaired) electrons. The number of benzene rings is 2. The van der Waals surface area contributed by atoms with Crippen LogP contribution in [0.5, 0.6) is 0 Å². The number of aryl methyl sites for hydroxylation is 2. The molecule has 0 aliphatic heterocycles. The molecule has 0 aliphatic carbocycles. The number of thiazole rings is 2. The molecule has 192 valence electrons. The first-order valence-electron chi connectivity index (χ1n) is 12.5. The van der Waals surface area contributed by atoms with Crippen LogP contribution in [-0.2, 0) is 13.1 Å². The van der Waals surface area contributed by atoms with Crippen LogP contribution in [0.1, 0.15) is 20.3 Å². The standard InChI is InChI=1S/C27H34N8S2/c1-5-34-18-20-36-26(34)30-28-22-8-12-24(13-9-22)32(3)16-7-17-33(4)25-14-10-23(11-15-25)29-31-27-35(6-2)19-21-37-27/h8-15,18-21H,5-7,16-17H2,1-4H3/q+2. The monoisotopic (exact) mass is 534 g/mol. The van der Waals surface area contributed by atoms with Crippen molar-refractivity contribution in [3.63, 3.8) is 0 Å². The van der Waals surface area contributed by atoms with Crippen molar-refractivity contribution in [2.24, 2.45) is 20.5 Å². The van der Waals surface area contributed by atoms with E-state index in [-0.39, 0.29) is 0 Å². The molecule has 0 fully saturated rings. The lowest BCUT2D eigenvalue weighted by atomic mass is 10.2. The molecular formula is C27H34N8S2+2. The Morgan fingerprint density at radius 2 is 1.03 bits per heavy atom. The molecule has 0 saturated heterocycles. The lowest BCUT2D eigenvalue weighted by Crippen LogP contribution is -2.28. The number of anilines is 2. The second-order valence-corrected chi connectivity index (χ2v) is 10.3. The lowest BCUT2D eigenvalue weighted by molar-refractivity contribution is -0.677. The molecule has 0 atom stereocenters. The number of rotatable bonds is 12. The summed E-state index contributed by atoms with van der Waals surface area (Å²) in [6.45, 7) is 7.91. The first-order chi connectivity index (χ1) is 18.1. The smallest absolute Gasteiger partial charge is 0.375 e. The number of azo groups is 2. The third-order valence-corrected chi connectivity index (χ3v) is 7.64. The topological polar surface area (TPSA) is 63.7 Å². The Morgan fingerprint density at radius 1 is 0.622 bits per heavy atom. The second kappa shape index (κ2) is 13.2. The van der Waals surface area contributed by atoms with Gasteiger partial charge in [-0.1, -0.05) is 0 Å². The van der Waals surface area contributed by atoms with E-state index >= 15 is 0 Å². The summed E-state index contributed by atoms with van der Waals surface area (Å²) in [4.78, 5) is 4.55. The molecule has 4 rings (SSSR count). The van der Waals surface area contributed by atoms with Crippen molar-refractivity contribution >= 4 is 55.7 Å². The van der Waals surface area contributed by atoms with Gasteiger partial charge in [0, 0.05) is 49.3 Å². The maximum absolute atomic E-state index is 4.39. The molecular weight excluding hydrogens is 500 g/mol. The molecule has 0 bridgehead atoms. The second-order valence-electron chi connectivity index (χ2n) is 8.57. The Morgan fingerprint density at radius 3 is 1.41 bits per heavy atom. The van der Waals surface area contributed by atoms with Crippen LogP contribution in [0, 0.1) is 0 Å². The molecule has 0 amide bonds. The third kappa shape index (κ3) is 7.27. The van der Waals surface area contributed by atoms with Gasteiger partial charge in [-0.25, -0.2) is 9.13 Å². The first-order valence-corrected chi connectivity index (χ1v) is 14.2. The SMILES string of the molecule is CC[n+]1ccsc1/N=N/c1ccc(N(C)CCCN(C)c2ccc(/N=N/c3scc[n+]3CC)cc2)cc1. The molecule has 2 aromatic carbocycles. The van der Waals surface area contributed by atoms with Gasteiger partial charge in [-0.15, -0.1) is 0 Å². The van der Waals surface area contributed by atoms with E-state index in [0.717, 1.165) is 54.2 Å². The Labute approximate surface area is 226 Å². The van der Waals surface area contributed by atoms with Crippen molar-refractivity contribution < 1.29 is 9.13 Å². The summed E-state index contributed by atoms with van der Waals surface area (Å²) in [5.74, 6) is 0. The molecule has 0 spiro atoms. The molecule has 2 heterocycles. The van der Waals surface area contributed by atoms with E-state index in [1.54, 1.807) is 22.7 Å². The number of nitrogens with zero attached hydrogens (tertiary/aromatic N) is 8. The van der Waals surface area contributed by atoms with Crippen LogP contribution in [0.3, 0.4) is 0 Å². The molecule has 0 unspecified atom stereocenters. The molecule has 0 saturated carbocycles. The van der Waals surface area contributed by atoms with Crippen molar-refractivity contribution in [2.45, 2.75) is 33.4 Å². The number of aromatic nitrogens is 2. The molecule has 8 nitrogen and oxygen atoms in total. The Balaban J connectivity index is 1.24. The van der Waals surface area contributed by atoms with E-state index in [0.29, 0.717) is 0 Å². The van der Waals surface area contributed by atoms with Gasteiger partial charge in [0.2, 0.25) is 0 Å². The maximum Gasteiger partial charge on any atom is 0.408 e. The first kappa shape index (κ1) is 26.6. The van der Waals surface area contributed by atoms with Gasteiger partial charge in [-0.05, 0) is 102 Å². The van der Waals surface area contributed by atoms with Crippen LogP contribution in [0.15, 0.2) is 92.1 Å². The highest BCUT2D eigenvalue weighted by Gasteiger charge is 2.11. The van der Waals surface area contributed by atoms with Gasteiger partial charge < -0.3 is 9.80 Å². The summed E-state index contributed by atoms with van der Waals surface area (Å²) in [6.07, 6.45) is 5.11. The van der Waals surface area contributed by atoms with Crippen molar-refractivity contribution in [1.82, 2.24) is 0 Å². The highest BCUT2D eigenvalue weighted by molar-refractivity contribution is 7.13. The normalized spacial score (nSPS) is 11.6. The summed E-state index contributed by atoms with van der Waals surface area (Å²) in [5.41, 5.74) is 4.06. The van der Waals surface area contributed by atoms with Crippen LogP contribution in [-0.4, -0.2) is 27.2 Å². The molecule has 37 heavy (non-hydrogen) atoms. The minimum Gasteiger partial charge on any atom is -0.375 e. The number of hydrogen-bond donors (Lipinski definition) is 0. The van der Waals surface area contributed by atoms with Gasteiger partial charge in [0.25, 0.3) is 0 Å². The molecule has 2 aromatic heterocycles. The van der Waals surface area contributed by atoms with E-state index in [9.17, 15) is 0 Å². The van der Waals surface area contributed by atoms with Crippen molar-refractivity contribution in [3.05, 3.63) is 71.7 Å². The summed E-state index contributed by atoms with van der Waals surface area (Å²) in [6, 6.07) is 16.5. The average molecular weight is 535 g/mol. The van der Waals surface area contributed by atoms with E-state index in [4.69, 9.17) is 0 Å². The predicted octanol–water partition coefficient (Wildman–Crippen LogP) is 7.22. The summed E-state index contributed by atoms with van der Waals surface area (Å²) < 4.78 is 4.17. The van der Waals surface area contributed by atoms with Crippen molar-refractivity contribution in [1.29, 1.82) is 0 Å². The van der Waals surface area contributed by atoms with Gasteiger partial charge in [-0.3, -0.25) is 0 Å². The molecule has 4 aromatic rings.